The van der Waals surface area contributed by atoms with E-state index in [-0.39, 0.29) is 28.3 Å². The molecule has 0 saturated carbocycles. The van der Waals surface area contributed by atoms with Crippen LogP contribution in [0.2, 0.25) is 0 Å². The van der Waals surface area contributed by atoms with Gasteiger partial charge in [-0.2, -0.15) is 0 Å². The maximum atomic E-state index is 14.5. The Labute approximate surface area is 335 Å². The van der Waals surface area contributed by atoms with Gasteiger partial charge >= 0.3 is 0 Å². The van der Waals surface area contributed by atoms with Crippen LogP contribution in [0.3, 0.4) is 0 Å². The summed E-state index contributed by atoms with van der Waals surface area (Å²) in [4.78, 5) is 8.61. The Bertz CT molecular complexity index is 3000. The molecular weight excluding hydrogens is 757 g/mol. The van der Waals surface area contributed by atoms with E-state index in [1.54, 1.807) is 32.6 Å². The standard InChI is InChI=1S/C24H19F3N4O.C22H17FN4/c1-13(14-3-4-22-16(5-14)8-20(32-2)11-30-22)23(28)31-12-17(9-21(27)24(31)29)15-6-18(25)10-19(26)7-15;23-19-13-18(16-5-2-1-3-6-16)14-27(22(19)25)21(24)12-15-8-9-20-17(11-15)7-4-10-26-20/h3-13,28-29H,1-2H3;1-11,13-14,24-25H,12H2. The zero-order valence-electron chi connectivity index (χ0n) is 31.8. The van der Waals surface area contributed by atoms with Gasteiger partial charge in [0.25, 0.3) is 0 Å². The molecule has 0 bridgehead atoms. The number of nitrogens with one attached hydrogen (secondary N) is 4. The fraction of sp³-hybridized carbons (Fsp3) is 0.0870. The lowest BCUT2D eigenvalue weighted by Crippen LogP contribution is -2.31. The first kappa shape index (κ1) is 39.7. The quantitative estimate of drug-likeness (QED) is 0.0726. The van der Waals surface area contributed by atoms with Crippen molar-refractivity contribution in [2.24, 2.45) is 0 Å². The van der Waals surface area contributed by atoms with E-state index in [0.717, 1.165) is 67.3 Å². The average molecular weight is 793 g/mol. The van der Waals surface area contributed by atoms with Crippen molar-refractivity contribution in [2.45, 2.75) is 19.3 Å². The van der Waals surface area contributed by atoms with Gasteiger partial charge in [0.1, 0.15) is 29.1 Å². The highest BCUT2D eigenvalue weighted by Crippen LogP contribution is 2.26. The summed E-state index contributed by atoms with van der Waals surface area (Å²) in [7, 11) is 1.55. The van der Waals surface area contributed by atoms with E-state index in [0.29, 0.717) is 17.7 Å². The number of hydrogen-bond donors (Lipinski definition) is 4. The van der Waals surface area contributed by atoms with Crippen molar-refractivity contribution in [1.29, 1.82) is 21.6 Å². The van der Waals surface area contributed by atoms with E-state index in [1.165, 1.54) is 16.8 Å². The van der Waals surface area contributed by atoms with Crippen molar-refractivity contribution in [2.75, 3.05) is 7.11 Å². The Morgan fingerprint density at radius 1 is 0.644 bits per heavy atom. The van der Waals surface area contributed by atoms with Gasteiger partial charge in [0, 0.05) is 58.9 Å². The molecular formula is C46H36F4N8O. The fourth-order valence-electron chi connectivity index (χ4n) is 6.58. The summed E-state index contributed by atoms with van der Waals surface area (Å²) in [5, 5.41) is 35.0. The molecule has 0 saturated heterocycles. The van der Waals surface area contributed by atoms with E-state index >= 15 is 0 Å². The topological polar surface area (TPSA) is 140 Å². The number of benzene rings is 4. The number of fused-ring (bicyclic) bond motifs is 2. The lowest BCUT2D eigenvalue weighted by atomic mass is 9.97. The van der Waals surface area contributed by atoms with Crippen LogP contribution in [0.15, 0.2) is 140 Å². The molecule has 8 aromatic rings. The molecule has 294 valence electrons. The molecule has 13 heteroatoms. The van der Waals surface area contributed by atoms with Gasteiger partial charge < -0.3 is 4.74 Å². The van der Waals surface area contributed by atoms with Gasteiger partial charge in [-0.1, -0.05) is 55.5 Å². The van der Waals surface area contributed by atoms with Gasteiger partial charge in [-0.05, 0) is 82.9 Å². The molecule has 4 N–H and O–H groups in total. The third kappa shape index (κ3) is 8.74. The van der Waals surface area contributed by atoms with Gasteiger partial charge in [-0.25, -0.2) is 17.6 Å². The number of rotatable bonds is 7. The lowest BCUT2D eigenvalue weighted by Gasteiger charge is -2.18. The van der Waals surface area contributed by atoms with Gasteiger partial charge in [-0.15, -0.1) is 0 Å². The van der Waals surface area contributed by atoms with Crippen LogP contribution in [-0.4, -0.2) is 37.9 Å². The molecule has 9 nitrogen and oxygen atoms in total. The predicted molar refractivity (Wildman–Crippen MR) is 220 cm³/mol. The molecule has 0 fully saturated rings. The van der Waals surface area contributed by atoms with Crippen LogP contribution in [0.4, 0.5) is 17.6 Å². The van der Waals surface area contributed by atoms with E-state index < -0.39 is 34.7 Å². The van der Waals surface area contributed by atoms with Crippen LogP contribution in [-0.2, 0) is 6.42 Å². The van der Waals surface area contributed by atoms with Crippen molar-refractivity contribution in [3.8, 4) is 28.0 Å². The Balaban J connectivity index is 0.000000181. The molecule has 4 heterocycles. The molecule has 4 aromatic carbocycles. The summed E-state index contributed by atoms with van der Waals surface area (Å²) in [6, 6.07) is 31.6. The SMILES string of the molecule is COc1cnc2ccc(C(C)C(=N)n3cc(-c4cc(F)cc(F)c4)cc(F)c3=N)cc2c1.N=C(Cc1ccc2ncccc2c1)n1cc(-c2ccccc2)cc(F)c1=N. The largest absolute Gasteiger partial charge is 0.495 e. The van der Waals surface area contributed by atoms with E-state index in [4.69, 9.17) is 26.4 Å². The molecule has 0 aliphatic carbocycles. The van der Waals surface area contributed by atoms with E-state index in [2.05, 4.69) is 9.97 Å². The molecule has 8 rings (SSSR count). The van der Waals surface area contributed by atoms with Crippen LogP contribution >= 0.6 is 0 Å². The highest BCUT2D eigenvalue weighted by atomic mass is 19.1. The monoisotopic (exact) mass is 792 g/mol. The molecule has 59 heavy (non-hydrogen) atoms. The molecule has 1 atom stereocenters. The van der Waals surface area contributed by atoms with Gasteiger partial charge in [-0.3, -0.25) is 40.7 Å². The van der Waals surface area contributed by atoms with Crippen molar-refractivity contribution >= 4 is 33.5 Å². The van der Waals surface area contributed by atoms with Crippen molar-refractivity contribution in [1.82, 2.24) is 19.1 Å². The summed E-state index contributed by atoms with van der Waals surface area (Å²) >= 11 is 0. The average Bonchev–Trinajstić information content (AvgIpc) is 3.24. The number of hydrogen-bond acceptors (Lipinski definition) is 7. The highest BCUT2D eigenvalue weighted by molar-refractivity contribution is 5.90. The smallest absolute Gasteiger partial charge is 0.167 e. The normalized spacial score (nSPS) is 11.5. The summed E-state index contributed by atoms with van der Waals surface area (Å²) in [6.07, 6.45) is 6.62. The summed E-state index contributed by atoms with van der Waals surface area (Å²) in [5.74, 6) is -3.00. The van der Waals surface area contributed by atoms with Crippen LogP contribution < -0.4 is 15.7 Å². The number of aromatic nitrogens is 4. The summed E-state index contributed by atoms with van der Waals surface area (Å²) in [5.41, 5.74) is 4.22. The first-order chi connectivity index (χ1) is 28.4. The van der Waals surface area contributed by atoms with Crippen molar-refractivity contribution in [3.05, 3.63) is 185 Å². The number of nitrogens with zero attached hydrogens (tertiary/aromatic N) is 4. The third-order valence-corrected chi connectivity index (χ3v) is 9.75. The van der Waals surface area contributed by atoms with E-state index in [1.807, 2.05) is 84.9 Å². The fourth-order valence-corrected chi connectivity index (χ4v) is 6.58. The zero-order valence-corrected chi connectivity index (χ0v) is 31.8. The third-order valence-electron chi connectivity index (χ3n) is 9.75. The number of pyridine rings is 4. The Morgan fingerprint density at radius 2 is 1.29 bits per heavy atom. The maximum Gasteiger partial charge on any atom is 0.167 e. The van der Waals surface area contributed by atoms with Crippen molar-refractivity contribution in [3.63, 3.8) is 0 Å². The Morgan fingerprint density at radius 3 is 2.00 bits per heavy atom. The number of ether oxygens (including phenoxy) is 1. The minimum Gasteiger partial charge on any atom is -0.495 e. The second kappa shape index (κ2) is 16.9. The minimum atomic E-state index is -0.906. The molecule has 0 amide bonds. The first-order valence-corrected chi connectivity index (χ1v) is 18.3. The van der Waals surface area contributed by atoms with E-state index in [9.17, 15) is 17.6 Å². The second-order valence-electron chi connectivity index (χ2n) is 13.7. The first-order valence-electron chi connectivity index (χ1n) is 18.3. The predicted octanol–water partition coefficient (Wildman–Crippen LogP) is 9.63. The minimum absolute atomic E-state index is 0.0668. The molecule has 0 radical (unpaired) electrons. The van der Waals surface area contributed by atoms with Gasteiger partial charge in [0.05, 0.1) is 24.3 Å². The highest BCUT2D eigenvalue weighted by Gasteiger charge is 2.18. The van der Waals surface area contributed by atoms with Crippen LogP contribution in [0, 0.1) is 44.9 Å². The Hall–Kier alpha value is -7.54. The van der Waals surface area contributed by atoms with Crippen LogP contribution in [0.25, 0.3) is 44.1 Å². The number of methoxy groups -OCH3 is 1. The Kier molecular flexibility index (Phi) is 11.4. The van der Waals surface area contributed by atoms with Crippen molar-refractivity contribution < 1.29 is 22.3 Å². The second-order valence-corrected chi connectivity index (χ2v) is 13.7. The zero-order chi connectivity index (χ0) is 41.8. The summed E-state index contributed by atoms with van der Waals surface area (Å²) < 4.78 is 63.7. The maximum absolute atomic E-state index is 14.5. The molecule has 1 unspecified atom stereocenters. The molecule has 0 spiro atoms. The van der Waals surface area contributed by atoms with Gasteiger partial charge in [0.2, 0.25) is 0 Å². The lowest BCUT2D eigenvalue weighted by molar-refractivity contribution is 0.414. The molecule has 4 aromatic heterocycles. The number of halogens is 4. The van der Waals surface area contributed by atoms with Crippen LogP contribution in [0.1, 0.15) is 24.0 Å². The molecule has 0 aliphatic heterocycles. The summed E-state index contributed by atoms with van der Waals surface area (Å²) in [6.45, 7) is 1.76. The van der Waals surface area contributed by atoms with Crippen LogP contribution in [0.5, 0.6) is 5.75 Å². The molecule has 0 aliphatic rings. The van der Waals surface area contributed by atoms with Gasteiger partial charge in [0.15, 0.2) is 22.6 Å².